The number of ether oxygens (including phenoxy) is 1. The number of rotatable bonds is 14. The fourth-order valence-corrected chi connectivity index (χ4v) is 5.50. The third-order valence-corrected chi connectivity index (χ3v) is 8.62. The van der Waals surface area contributed by atoms with Gasteiger partial charge in [-0.05, 0) is 32.4 Å². The van der Waals surface area contributed by atoms with Crippen molar-refractivity contribution >= 4 is 36.7 Å². The molecule has 0 radical (unpaired) electrons. The van der Waals surface area contributed by atoms with E-state index in [9.17, 15) is 17.8 Å². The molecule has 150 valence electrons. The van der Waals surface area contributed by atoms with Crippen LogP contribution in [0, 0.1) is 5.41 Å². The van der Waals surface area contributed by atoms with E-state index in [0.717, 1.165) is 12.2 Å². The Labute approximate surface area is 205 Å². The number of hydrogen-bond donors (Lipinski definition) is 0. The van der Waals surface area contributed by atoms with Crippen molar-refractivity contribution in [3.05, 3.63) is 0 Å². The molecule has 0 aliphatic heterocycles. The van der Waals surface area contributed by atoms with E-state index in [1.165, 1.54) is 0 Å². The zero-order chi connectivity index (χ0) is 19.6. The van der Waals surface area contributed by atoms with Crippen LogP contribution in [0.5, 0.6) is 0 Å². The summed E-state index contributed by atoms with van der Waals surface area (Å²) < 4.78 is 52.6. The summed E-state index contributed by atoms with van der Waals surface area (Å²) in [6, 6.07) is 0.693. The van der Waals surface area contributed by atoms with Crippen LogP contribution in [0.1, 0.15) is 26.7 Å². The minimum Gasteiger partial charge on any atom is -0.748 e. The van der Waals surface area contributed by atoms with Crippen LogP contribution in [0.3, 0.4) is 0 Å². The van der Waals surface area contributed by atoms with Crippen molar-refractivity contribution in [2.75, 3.05) is 45.2 Å². The maximum absolute atomic E-state index is 12.0. The number of carbonyl (C=O) groups is 1. The van der Waals surface area contributed by atoms with E-state index in [1.54, 1.807) is 46.9 Å². The Hall–Kier alpha value is 1.46. The van der Waals surface area contributed by atoms with Crippen molar-refractivity contribution in [2.24, 2.45) is 5.41 Å². The van der Waals surface area contributed by atoms with Gasteiger partial charge in [0.1, 0.15) is 0 Å². The number of carbonyl (C=O) groups excluding carboxylic acids is 1. The predicted molar refractivity (Wildman–Crippen MR) is 97.5 cm³/mol. The second kappa shape index (κ2) is 14.4. The summed E-state index contributed by atoms with van der Waals surface area (Å²) in [5.41, 5.74) is -0.695. The minimum atomic E-state index is -4.27. The predicted octanol–water partition coefficient (Wildman–Crippen LogP) is -1.50. The Bertz CT molecular complexity index is 489. The summed E-state index contributed by atoms with van der Waals surface area (Å²) in [6.07, 6.45) is 0.845. The first kappa shape index (κ1) is 29.7. The van der Waals surface area contributed by atoms with Gasteiger partial charge in [-0.1, -0.05) is 0 Å². The molecule has 0 aromatic rings. The van der Waals surface area contributed by atoms with Gasteiger partial charge in [-0.15, -0.1) is 0 Å². The van der Waals surface area contributed by atoms with Crippen molar-refractivity contribution in [3.63, 3.8) is 0 Å². The van der Waals surface area contributed by atoms with Crippen molar-refractivity contribution in [1.82, 2.24) is 0 Å². The van der Waals surface area contributed by atoms with E-state index >= 15 is 0 Å². The molecule has 12 heteroatoms. The molecule has 26 heavy (non-hydrogen) atoms. The molecule has 8 nitrogen and oxygen atoms in total. The molecule has 0 aromatic heterocycles. The molecule has 0 fully saturated rings. The van der Waals surface area contributed by atoms with Gasteiger partial charge in [0.15, 0.2) is 0 Å². The SMILES string of the molecule is CO[Si](CCCSCC(C)(C)C(=O)OCCCS(=O)(=O)[O-])(OC)OC.[K+]. The topological polar surface area (TPSA) is 111 Å². The van der Waals surface area contributed by atoms with Crippen molar-refractivity contribution in [1.29, 1.82) is 0 Å². The van der Waals surface area contributed by atoms with E-state index in [0.29, 0.717) is 11.8 Å². The van der Waals surface area contributed by atoms with Crippen LogP contribution in [0.15, 0.2) is 0 Å². The second-order valence-electron chi connectivity index (χ2n) is 6.09. The molecule has 0 saturated carbocycles. The molecular weight excluding hydrogens is 427 g/mol. The van der Waals surface area contributed by atoms with E-state index in [1.807, 2.05) is 0 Å². The molecule has 0 rings (SSSR count). The molecule has 0 saturated heterocycles. The van der Waals surface area contributed by atoms with Gasteiger partial charge in [0.05, 0.1) is 22.1 Å². The van der Waals surface area contributed by atoms with E-state index in [4.69, 9.17) is 18.0 Å². The van der Waals surface area contributed by atoms with Gasteiger partial charge in [-0.2, -0.15) is 11.8 Å². The monoisotopic (exact) mass is 456 g/mol. The Morgan fingerprint density at radius 2 is 1.65 bits per heavy atom. The minimum absolute atomic E-state index is 0. The van der Waals surface area contributed by atoms with Crippen LogP contribution >= 0.6 is 11.8 Å². The first-order valence-electron chi connectivity index (χ1n) is 7.86. The van der Waals surface area contributed by atoms with Crippen LogP contribution in [-0.2, 0) is 32.9 Å². The third kappa shape index (κ3) is 12.8. The average molecular weight is 457 g/mol. The van der Waals surface area contributed by atoms with E-state index < -0.39 is 36.1 Å². The quantitative estimate of drug-likeness (QED) is 0.133. The molecule has 0 amide bonds. The summed E-state index contributed by atoms with van der Waals surface area (Å²) in [6.45, 7) is 3.47. The standard InChI is InChI=1S/C14H30O8S2Si.K/c1-14(2,13(15)22-8-6-10-24(16,17)18)12-23-9-7-11-25(19-3,20-4)21-5;/h6-12H2,1-5H3,(H,16,17,18);/q;+1/p-1. The molecular formula is C14H29KO8S2Si. The first-order chi connectivity index (χ1) is 11.5. The summed E-state index contributed by atoms with van der Waals surface area (Å²) in [7, 11) is -2.10. The molecule has 0 unspecified atom stereocenters. The summed E-state index contributed by atoms with van der Waals surface area (Å²) in [4.78, 5) is 12.0. The van der Waals surface area contributed by atoms with Crippen molar-refractivity contribution in [3.8, 4) is 0 Å². The van der Waals surface area contributed by atoms with Gasteiger partial charge < -0.3 is 22.6 Å². The van der Waals surface area contributed by atoms with Crippen LogP contribution in [0.2, 0.25) is 6.04 Å². The van der Waals surface area contributed by atoms with Crippen molar-refractivity contribution < 1.29 is 87.2 Å². The largest absolute Gasteiger partial charge is 1.00 e. The number of esters is 1. The molecule has 0 N–H and O–H groups in total. The van der Waals surface area contributed by atoms with Gasteiger partial charge in [-0.25, -0.2) is 8.42 Å². The van der Waals surface area contributed by atoms with E-state index in [2.05, 4.69) is 0 Å². The fraction of sp³-hybridized carbons (Fsp3) is 0.929. The van der Waals surface area contributed by atoms with E-state index in [-0.39, 0.29) is 64.4 Å². The van der Waals surface area contributed by atoms with Crippen molar-refractivity contribution in [2.45, 2.75) is 32.7 Å². The van der Waals surface area contributed by atoms with Gasteiger partial charge in [0, 0.05) is 38.9 Å². The molecule has 0 atom stereocenters. The van der Waals surface area contributed by atoms with Crippen LogP contribution in [-0.4, -0.2) is 72.9 Å². The normalized spacial score (nSPS) is 12.5. The first-order valence-corrected chi connectivity index (χ1v) is 12.5. The Balaban J connectivity index is 0. The summed E-state index contributed by atoms with van der Waals surface area (Å²) in [5, 5.41) is 0. The Morgan fingerprint density at radius 1 is 1.12 bits per heavy atom. The second-order valence-corrected chi connectivity index (χ2v) is 11.8. The average Bonchev–Trinajstić information content (AvgIpc) is 2.54. The number of hydrogen-bond acceptors (Lipinski definition) is 9. The maximum Gasteiger partial charge on any atom is 1.00 e. The molecule has 0 aromatic carbocycles. The number of thioether (sulfide) groups is 1. The zero-order valence-electron chi connectivity index (χ0n) is 16.5. The Kier molecular flexibility index (Phi) is 16.5. The maximum atomic E-state index is 12.0. The molecule has 0 aliphatic carbocycles. The smallest absolute Gasteiger partial charge is 0.748 e. The summed E-state index contributed by atoms with van der Waals surface area (Å²) >= 11 is 1.61. The third-order valence-electron chi connectivity index (χ3n) is 3.49. The molecule has 0 bridgehead atoms. The van der Waals surface area contributed by atoms with Gasteiger partial charge >= 0.3 is 66.2 Å². The molecule has 0 heterocycles. The Morgan fingerprint density at radius 3 is 2.12 bits per heavy atom. The van der Waals surface area contributed by atoms with Crippen LogP contribution in [0.25, 0.3) is 0 Å². The molecule has 0 aliphatic rings. The van der Waals surface area contributed by atoms with Gasteiger partial charge in [-0.3, -0.25) is 4.79 Å². The van der Waals surface area contributed by atoms with Crippen LogP contribution < -0.4 is 51.4 Å². The van der Waals surface area contributed by atoms with Gasteiger partial charge in [0.2, 0.25) is 0 Å². The van der Waals surface area contributed by atoms with Crippen LogP contribution in [0.4, 0.5) is 0 Å². The van der Waals surface area contributed by atoms with Gasteiger partial charge in [0.25, 0.3) is 0 Å². The fourth-order valence-electron chi connectivity index (χ4n) is 1.93. The summed E-state index contributed by atoms with van der Waals surface area (Å²) in [5.74, 6) is 0.445. The zero-order valence-corrected chi connectivity index (χ0v) is 22.3. The molecule has 0 spiro atoms.